The summed E-state index contributed by atoms with van der Waals surface area (Å²) in [5.74, 6) is 0.854. The van der Waals surface area contributed by atoms with Crippen molar-refractivity contribution in [3.8, 4) is 11.5 Å². The lowest BCUT2D eigenvalue weighted by atomic mass is 10.3. The summed E-state index contributed by atoms with van der Waals surface area (Å²) in [5, 5.41) is 6.75. The Bertz CT molecular complexity index is 728. The third-order valence-corrected chi connectivity index (χ3v) is 3.00. The maximum atomic E-state index is 13.3. The predicted octanol–water partition coefficient (Wildman–Crippen LogP) is 2.56. The largest absolute Gasteiger partial charge is 0.382 e. The van der Waals surface area contributed by atoms with E-state index < -0.39 is 0 Å². The van der Waals surface area contributed by atoms with Crippen molar-refractivity contribution in [1.29, 1.82) is 0 Å². The van der Waals surface area contributed by atoms with Gasteiger partial charge in [-0.3, -0.25) is 5.10 Å². The molecule has 0 spiro atoms. The Hall–Kier alpha value is -2.37. The number of hydrogen-bond donors (Lipinski definition) is 2. The van der Waals surface area contributed by atoms with E-state index in [1.807, 2.05) is 4.57 Å². The lowest BCUT2D eigenvalue weighted by Gasteiger charge is -2.05. The monoisotopic (exact) mass is 259 g/mol. The highest BCUT2D eigenvalue weighted by Gasteiger charge is 2.14. The summed E-state index contributed by atoms with van der Waals surface area (Å²) in [6.07, 6.45) is 0.958. The van der Waals surface area contributed by atoms with Gasteiger partial charge in [0.25, 0.3) is 0 Å². The highest BCUT2D eigenvalue weighted by molar-refractivity contribution is 5.80. The fraction of sp³-hybridized carbons (Fsp3) is 0.231. The molecule has 19 heavy (non-hydrogen) atoms. The summed E-state index contributed by atoms with van der Waals surface area (Å²) in [5.41, 5.74) is 7.90. The molecule has 3 N–H and O–H groups in total. The lowest BCUT2D eigenvalue weighted by Crippen LogP contribution is -1.99. The van der Waals surface area contributed by atoms with E-state index in [1.165, 1.54) is 12.1 Å². The fourth-order valence-corrected chi connectivity index (χ4v) is 2.21. The van der Waals surface area contributed by atoms with E-state index in [-0.39, 0.29) is 5.82 Å². The maximum Gasteiger partial charge on any atom is 0.159 e. The summed E-state index contributed by atoms with van der Waals surface area (Å²) in [6, 6.07) is 6.35. The standard InChI is InChI=1S/C13H14FN5/c1-2-5-19-11-4-3-8(14)6-9(11)16-13(19)10-7-12(15)18-17-10/h3-4,6-7H,2,5H2,1H3,(H3,15,17,18). The smallest absolute Gasteiger partial charge is 0.159 e. The topological polar surface area (TPSA) is 72.5 Å². The Morgan fingerprint density at radius 2 is 2.21 bits per heavy atom. The van der Waals surface area contributed by atoms with E-state index in [2.05, 4.69) is 22.1 Å². The van der Waals surface area contributed by atoms with Crippen molar-refractivity contribution >= 4 is 16.9 Å². The van der Waals surface area contributed by atoms with Gasteiger partial charge in [0, 0.05) is 18.7 Å². The van der Waals surface area contributed by atoms with Gasteiger partial charge in [0.1, 0.15) is 17.3 Å². The molecule has 0 fully saturated rings. The molecular formula is C13H14FN5. The minimum Gasteiger partial charge on any atom is -0.382 e. The Kier molecular flexibility index (Phi) is 2.70. The van der Waals surface area contributed by atoms with Crippen molar-refractivity contribution in [3.63, 3.8) is 0 Å². The zero-order valence-corrected chi connectivity index (χ0v) is 10.5. The number of aromatic nitrogens is 4. The number of rotatable bonds is 3. The number of fused-ring (bicyclic) bond motifs is 1. The molecule has 2 heterocycles. The molecule has 0 saturated heterocycles. The molecule has 6 heteroatoms. The molecule has 0 radical (unpaired) electrons. The lowest BCUT2D eigenvalue weighted by molar-refractivity contribution is 0.629. The van der Waals surface area contributed by atoms with Gasteiger partial charge in [-0.25, -0.2) is 9.37 Å². The molecule has 98 valence electrons. The summed E-state index contributed by atoms with van der Waals surface area (Å²) in [7, 11) is 0. The molecule has 1 aromatic carbocycles. The number of aromatic amines is 1. The highest BCUT2D eigenvalue weighted by atomic mass is 19.1. The number of nitrogens with one attached hydrogen (secondary N) is 1. The highest BCUT2D eigenvalue weighted by Crippen LogP contribution is 2.25. The van der Waals surface area contributed by atoms with Crippen LogP contribution in [0.5, 0.6) is 0 Å². The first-order valence-electron chi connectivity index (χ1n) is 6.16. The van der Waals surface area contributed by atoms with Crippen molar-refractivity contribution in [3.05, 3.63) is 30.1 Å². The molecule has 0 bridgehead atoms. The summed E-state index contributed by atoms with van der Waals surface area (Å²) >= 11 is 0. The van der Waals surface area contributed by atoms with E-state index in [4.69, 9.17) is 5.73 Å². The molecule has 3 rings (SSSR count). The molecule has 5 nitrogen and oxygen atoms in total. The second-order valence-corrected chi connectivity index (χ2v) is 4.43. The van der Waals surface area contributed by atoms with Gasteiger partial charge in [-0.2, -0.15) is 5.10 Å². The third-order valence-electron chi connectivity index (χ3n) is 3.00. The molecule has 0 aliphatic carbocycles. The van der Waals surface area contributed by atoms with E-state index >= 15 is 0 Å². The van der Waals surface area contributed by atoms with Gasteiger partial charge < -0.3 is 10.3 Å². The van der Waals surface area contributed by atoms with Crippen LogP contribution in [-0.2, 0) is 6.54 Å². The number of benzene rings is 1. The van der Waals surface area contributed by atoms with Crippen LogP contribution in [0.1, 0.15) is 13.3 Å². The van der Waals surface area contributed by atoms with Crippen LogP contribution < -0.4 is 5.73 Å². The Labute approximate surface area is 109 Å². The van der Waals surface area contributed by atoms with Crippen LogP contribution in [0.2, 0.25) is 0 Å². The maximum absolute atomic E-state index is 13.3. The number of hydrogen-bond acceptors (Lipinski definition) is 3. The molecule has 3 aromatic rings. The van der Waals surface area contributed by atoms with Crippen molar-refractivity contribution in [2.45, 2.75) is 19.9 Å². The van der Waals surface area contributed by atoms with Crippen LogP contribution in [-0.4, -0.2) is 19.7 Å². The first-order valence-corrected chi connectivity index (χ1v) is 6.16. The SMILES string of the molecule is CCCn1c(-c2cc(N)n[nH]2)nc2cc(F)ccc21. The number of nitrogens with zero attached hydrogens (tertiary/aromatic N) is 3. The van der Waals surface area contributed by atoms with Crippen molar-refractivity contribution < 1.29 is 4.39 Å². The molecule has 0 aliphatic heterocycles. The van der Waals surface area contributed by atoms with E-state index in [1.54, 1.807) is 12.1 Å². The van der Waals surface area contributed by atoms with E-state index in [0.717, 1.165) is 30.0 Å². The van der Waals surface area contributed by atoms with Crippen LogP contribution in [0.3, 0.4) is 0 Å². The van der Waals surface area contributed by atoms with Crippen molar-refractivity contribution in [1.82, 2.24) is 19.7 Å². The van der Waals surface area contributed by atoms with Crippen molar-refractivity contribution in [2.75, 3.05) is 5.73 Å². The Morgan fingerprint density at radius 3 is 2.89 bits per heavy atom. The van der Waals surface area contributed by atoms with Crippen LogP contribution >= 0.6 is 0 Å². The Balaban J connectivity index is 2.25. The predicted molar refractivity (Wildman–Crippen MR) is 72.0 cm³/mol. The van der Waals surface area contributed by atoms with E-state index in [0.29, 0.717) is 11.3 Å². The number of imidazole rings is 1. The fourth-order valence-electron chi connectivity index (χ4n) is 2.21. The molecule has 0 unspecified atom stereocenters. The van der Waals surface area contributed by atoms with Gasteiger partial charge in [0.15, 0.2) is 5.82 Å². The van der Waals surface area contributed by atoms with Gasteiger partial charge >= 0.3 is 0 Å². The van der Waals surface area contributed by atoms with Crippen molar-refractivity contribution in [2.24, 2.45) is 0 Å². The van der Waals surface area contributed by atoms with E-state index in [9.17, 15) is 4.39 Å². The number of nitrogens with two attached hydrogens (primary N) is 1. The van der Waals surface area contributed by atoms with Gasteiger partial charge in [0.2, 0.25) is 0 Å². The van der Waals surface area contributed by atoms with Crippen LogP contribution in [0, 0.1) is 5.82 Å². The molecule has 2 aromatic heterocycles. The molecule has 0 atom stereocenters. The van der Waals surface area contributed by atoms with Gasteiger partial charge in [-0.1, -0.05) is 6.92 Å². The summed E-state index contributed by atoms with van der Waals surface area (Å²) < 4.78 is 15.3. The summed E-state index contributed by atoms with van der Waals surface area (Å²) in [6.45, 7) is 2.89. The Morgan fingerprint density at radius 1 is 1.37 bits per heavy atom. The number of nitrogen functional groups attached to an aromatic ring is 1. The number of halogens is 1. The molecule has 0 amide bonds. The average Bonchev–Trinajstić information content (AvgIpc) is 2.94. The number of aryl methyl sites for hydroxylation is 1. The quantitative estimate of drug-likeness (QED) is 0.759. The zero-order chi connectivity index (χ0) is 13.4. The molecular weight excluding hydrogens is 245 g/mol. The molecule has 0 saturated carbocycles. The van der Waals surface area contributed by atoms with Gasteiger partial charge in [-0.15, -0.1) is 0 Å². The van der Waals surface area contributed by atoms with Crippen LogP contribution in [0.25, 0.3) is 22.6 Å². The number of anilines is 1. The minimum absolute atomic E-state index is 0.288. The molecule has 0 aliphatic rings. The average molecular weight is 259 g/mol. The minimum atomic E-state index is -0.288. The number of H-pyrrole nitrogens is 1. The summed E-state index contributed by atoms with van der Waals surface area (Å²) in [4.78, 5) is 4.47. The second-order valence-electron chi connectivity index (χ2n) is 4.43. The first-order chi connectivity index (χ1) is 9.19. The van der Waals surface area contributed by atoms with Crippen LogP contribution in [0.15, 0.2) is 24.3 Å². The normalized spacial score (nSPS) is 11.3. The van der Waals surface area contributed by atoms with Gasteiger partial charge in [-0.05, 0) is 18.6 Å². The third kappa shape index (κ3) is 1.95. The zero-order valence-electron chi connectivity index (χ0n) is 10.5. The van der Waals surface area contributed by atoms with Gasteiger partial charge in [0.05, 0.1) is 11.0 Å². The second kappa shape index (κ2) is 4.38. The first kappa shape index (κ1) is 11.7. The van der Waals surface area contributed by atoms with Crippen LogP contribution in [0.4, 0.5) is 10.2 Å².